The van der Waals surface area contributed by atoms with Crippen molar-refractivity contribution in [1.82, 2.24) is 0 Å². The number of fused-ring (bicyclic) bond motifs is 1. The van der Waals surface area contributed by atoms with E-state index in [1.165, 1.54) is 22.5 Å². The summed E-state index contributed by atoms with van der Waals surface area (Å²) in [6.07, 6.45) is 5.49. The first-order chi connectivity index (χ1) is 9.79. The van der Waals surface area contributed by atoms with Crippen LogP contribution in [-0.2, 0) is 27.1 Å². The fourth-order valence-corrected chi connectivity index (χ4v) is 3.66. The highest BCUT2D eigenvalue weighted by Gasteiger charge is 2.23. The number of amides is 1. The molecule has 104 valence electrons. The maximum absolute atomic E-state index is 12.1. The monoisotopic (exact) mass is 290 g/mol. The number of nitriles is 1. The highest BCUT2D eigenvalue weighted by molar-refractivity contribution is 7.16. The summed E-state index contributed by atoms with van der Waals surface area (Å²) < 4.78 is 10.3. The lowest BCUT2D eigenvalue weighted by molar-refractivity contribution is -0.117. The molecular formula is C14H14N2O3S. The molecule has 20 heavy (non-hydrogen) atoms. The van der Waals surface area contributed by atoms with E-state index in [9.17, 15) is 10.1 Å². The average molecular weight is 290 g/mol. The van der Waals surface area contributed by atoms with Gasteiger partial charge in [0.05, 0.1) is 5.56 Å². The number of nitrogens with zero attached hydrogens (tertiary/aromatic N) is 1. The lowest BCUT2D eigenvalue weighted by Gasteiger charge is -2.14. The fraction of sp³-hybridized carbons (Fsp3) is 0.429. The van der Waals surface area contributed by atoms with Gasteiger partial charge in [0, 0.05) is 4.88 Å². The molecule has 1 aromatic heterocycles. The second kappa shape index (κ2) is 5.55. The molecule has 0 saturated heterocycles. The van der Waals surface area contributed by atoms with E-state index in [2.05, 4.69) is 11.4 Å². The molecule has 3 rings (SSSR count). The van der Waals surface area contributed by atoms with Gasteiger partial charge in [-0.15, -0.1) is 11.3 Å². The van der Waals surface area contributed by atoms with Crippen molar-refractivity contribution in [2.75, 3.05) is 18.5 Å². The van der Waals surface area contributed by atoms with E-state index in [0.29, 0.717) is 23.8 Å². The van der Waals surface area contributed by atoms with Crippen LogP contribution >= 0.6 is 11.3 Å². The van der Waals surface area contributed by atoms with E-state index >= 15 is 0 Å². The molecule has 0 unspecified atom stereocenters. The molecule has 2 heterocycles. The minimum absolute atomic E-state index is 0.159. The SMILES string of the molecule is N#Cc1c(NC(=O)C2=COCCO2)sc2c1CCCC2. The molecule has 6 heteroatoms. The number of hydrogen-bond acceptors (Lipinski definition) is 5. The second-order valence-corrected chi connectivity index (χ2v) is 5.79. The summed E-state index contributed by atoms with van der Waals surface area (Å²) in [6, 6.07) is 2.22. The normalized spacial score (nSPS) is 17.1. The Balaban J connectivity index is 1.84. The van der Waals surface area contributed by atoms with Gasteiger partial charge in [-0.05, 0) is 31.2 Å². The quantitative estimate of drug-likeness (QED) is 0.907. The van der Waals surface area contributed by atoms with Crippen molar-refractivity contribution in [1.29, 1.82) is 5.26 Å². The van der Waals surface area contributed by atoms with Gasteiger partial charge in [0.1, 0.15) is 30.5 Å². The van der Waals surface area contributed by atoms with E-state index in [1.54, 1.807) is 0 Å². The average Bonchev–Trinajstić information content (AvgIpc) is 2.85. The van der Waals surface area contributed by atoms with Crippen LogP contribution in [0.3, 0.4) is 0 Å². The number of anilines is 1. The lowest BCUT2D eigenvalue weighted by atomic mass is 9.96. The van der Waals surface area contributed by atoms with E-state index in [-0.39, 0.29) is 11.7 Å². The van der Waals surface area contributed by atoms with Crippen LogP contribution in [0.15, 0.2) is 12.0 Å². The van der Waals surface area contributed by atoms with Crippen molar-refractivity contribution in [3.8, 4) is 6.07 Å². The van der Waals surface area contributed by atoms with Gasteiger partial charge in [-0.2, -0.15) is 5.26 Å². The number of ether oxygens (including phenoxy) is 2. The van der Waals surface area contributed by atoms with Crippen molar-refractivity contribution in [2.45, 2.75) is 25.7 Å². The summed E-state index contributed by atoms with van der Waals surface area (Å²) in [6.45, 7) is 0.818. The summed E-state index contributed by atoms with van der Waals surface area (Å²) in [7, 11) is 0. The number of rotatable bonds is 2. The molecule has 0 spiro atoms. The fourth-order valence-electron chi connectivity index (χ4n) is 2.42. The molecule has 1 aromatic rings. The smallest absolute Gasteiger partial charge is 0.294 e. The topological polar surface area (TPSA) is 71.4 Å². The van der Waals surface area contributed by atoms with Crippen molar-refractivity contribution >= 4 is 22.2 Å². The van der Waals surface area contributed by atoms with Crippen molar-refractivity contribution < 1.29 is 14.3 Å². The maximum atomic E-state index is 12.1. The molecule has 0 atom stereocenters. The Morgan fingerprint density at radius 2 is 2.20 bits per heavy atom. The Bertz CT molecular complexity index is 613. The van der Waals surface area contributed by atoms with Gasteiger partial charge >= 0.3 is 0 Å². The van der Waals surface area contributed by atoms with Gasteiger partial charge in [-0.3, -0.25) is 4.79 Å². The number of carbonyl (C=O) groups is 1. The first kappa shape index (κ1) is 13.0. The summed E-state index contributed by atoms with van der Waals surface area (Å²) in [5, 5.41) is 12.7. The highest BCUT2D eigenvalue weighted by atomic mass is 32.1. The molecule has 1 aliphatic carbocycles. The van der Waals surface area contributed by atoms with Crippen LogP contribution in [-0.4, -0.2) is 19.1 Å². The Labute approximate surface area is 120 Å². The molecule has 1 N–H and O–H groups in total. The zero-order valence-corrected chi connectivity index (χ0v) is 11.7. The van der Waals surface area contributed by atoms with Crippen LogP contribution in [0.4, 0.5) is 5.00 Å². The van der Waals surface area contributed by atoms with Gasteiger partial charge in [0.15, 0.2) is 0 Å². The largest absolute Gasteiger partial charge is 0.494 e. The third-order valence-corrected chi connectivity index (χ3v) is 4.59. The van der Waals surface area contributed by atoms with Crippen molar-refractivity contribution in [3.63, 3.8) is 0 Å². The van der Waals surface area contributed by atoms with E-state index < -0.39 is 0 Å². The number of aryl methyl sites for hydroxylation is 1. The van der Waals surface area contributed by atoms with Crippen LogP contribution in [0.1, 0.15) is 28.8 Å². The van der Waals surface area contributed by atoms with Crippen LogP contribution in [0.25, 0.3) is 0 Å². The number of nitrogens with one attached hydrogen (secondary N) is 1. The van der Waals surface area contributed by atoms with Gasteiger partial charge in [-0.1, -0.05) is 0 Å². The number of carbonyl (C=O) groups excluding carboxylic acids is 1. The van der Waals surface area contributed by atoms with E-state index in [0.717, 1.165) is 31.2 Å². The summed E-state index contributed by atoms with van der Waals surface area (Å²) in [5.41, 5.74) is 1.71. The van der Waals surface area contributed by atoms with Crippen LogP contribution in [0.2, 0.25) is 0 Å². The Morgan fingerprint density at radius 3 is 2.95 bits per heavy atom. The van der Waals surface area contributed by atoms with E-state index in [1.807, 2.05) is 0 Å². The standard InChI is InChI=1S/C14H14N2O3S/c15-7-10-9-3-1-2-4-12(9)20-14(10)16-13(17)11-8-18-5-6-19-11/h8H,1-6H2,(H,16,17). The Morgan fingerprint density at radius 1 is 1.35 bits per heavy atom. The number of thiophene rings is 1. The molecule has 5 nitrogen and oxygen atoms in total. The Hall–Kier alpha value is -2.00. The first-order valence-electron chi connectivity index (χ1n) is 6.60. The Kier molecular flexibility index (Phi) is 3.61. The van der Waals surface area contributed by atoms with Crippen molar-refractivity contribution in [3.05, 3.63) is 28.0 Å². The molecule has 0 bridgehead atoms. The van der Waals surface area contributed by atoms with Gasteiger partial charge in [-0.25, -0.2) is 0 Å². The molecule has 1 amide bonds. The zero-order valence-electron chi connectivity index (χ0n) is 10.9. The molecule has 0 aromatic carbocycles. The third kappa shape index (κ3) is 2.37. The van der Waals surface area contributed by atoms with Crippen LogP contribution in [0.5, 0.6) is 0 Å². The van der Waals surface area contributed by atoms with E-state index in [4.69, 9.17) is 9.47 Å². The lowest BCUT2D eigenvalue weighted by Crippen LogP contribution is -2.21. The second-order valence-electron chi connectivity index (χ2n) is 4.68. The van der Waals surface area contributed by atoms with Gasteiger partial charge in [0.25, 0.3) is 5.91 Å². The summed E-state index contributed by atoms with van der Waals surface area (Å²) in [5.74, 6) is -0.202. The highest BCUT2D eigenvalue weighted by Crippen LogP contribution is 2.37. The summed E-state index contributed by atoms with van der Waals surface area (Å²) >= 11 is 1.50. The number of hydrogen-bond donors (Lipinski definition) is 1. The molecule has 2 aliphatic rings. The van der Waals surface area contributed by atoms with Gasteiger partial charge in [0.2, 0.25) is 5.76 Å². The van der Waals surface area contributed by atoms with Crippen molar-refractivity contribution in [2.24, 2.45) is 0 Å². The minimum Gasteiger partial charge on any atom is -0.494 e. The maximum Gasteiger partial charge on any atom is 0.294 e. The first-order valence-corrected chi connectivity index (χ1v) is 7.42. The predicted molar refractivity (Wildman–Crippen MR) is 74.3 cm³/mol. The molecular weight excluding hydrogens is 276 g/mol. The van der Waals surface area contributed by atoms with Crippen LogP contribution < -0.4 is 5.32 Å². The molecule has 0 fully saturated rings. The van der Waals surface area contributed by atoms with Gasteiger partial charge < -0.3 is 14.8 Å². The minimum atomic E-state index is -0.361. The molecule has 1 aliphatic heterocycles. The third-order valence-electron chi connectivity index (χ3n) is 3.38. The predicted octanol–water partition coefficient (Wildman–Crippen LogP) is 2.33. The molecule has 0 radical (unpaired) electrons. The zero-order chi connectivity index (χ0) is 13.9. The summed E-state index contributed by atoms with van der Waals surface area (Å²) in [4.78, 5) is 13.3. The molecule has 0 saturated carbocycles. The van der Waals surface area contributed by atoms with Crippen LogP contribution in [0, 0.1) is 11.3 Å².